The highest BCUT2D eigenvalue weighted by atomic mass is 16.5. The molecule has 0 radical (unpaired) electrons. The van der Waals surface area contributed by atoms with E-state index in [4.69, 9.17) is 16.4 Å². The standard InChI is InChI=1S/C12H12N2O/c1-3-8-14-12(9-13)10-4-6-11(15-2)7-5-10/h1,4-7,12,14H,8H2,2H3. The summed E-state index contributed by atoms with van der Waals surface area (Å²) in [4.78, 5) is 0. The number of benzene rings is 1. The van der Waals surface area contributed by atoms with Crippen LogP contribution in [0.15, 0.2) is 24.3 Å². The molecule has 1 rings (SSSR count). The molecule has 1 aromatic carbocycles. The summed E-state index contributed by atoms with van der Waals surface area (Å²) in [6, 6.07) is 9.09. The van der Waals surface area contributed by atoms with Crippen LogP contribution in [0.2, 0.25) is 0 Å². The van der Waals surface area contributed by atoms with Crippen LogP contribution in [0.1, 0.15) is 11.6 Å². The molecule has 3 heteroatoms. The lowest BCUT2D eigenvalue weighted by Crippen LogP contribution is -2.19. The van der Waals surface area contributed by atoms with Gasteiger partial charge in [-0.2, -0.15) is 5.26 Å². The van der Waals surface area contributed by atoms with Gasteiger partial charge in [-0.05, 0) is 17.7 Å². The van der Waals surface area contributed by atoms with Crippen molar-refractivity contribution in [3.8, 4) is 24.2 Å². The Bertz CT molecular complexity index is 384. The fourth-order valence-corrected chi connectivity index (χ4v) is 1.20. The number of hydrogen-bond acceptors (Lipinski definition) is 3. The fraction of sp³-hybridized carbons (Fsp3) is 0.250. The van der Waals surface area contributed by atoms with Crippen molar-refractivity contribution in [3.63, 3.8) is 0 Å². The highest BCUT2D eigenvalue weighted by molar-refractivity contribution is 5.31. The molecule has 0 heterocycles. The lowest BCUT2D eigenvalue weighted by molar-refractivity contribution is 0.414. The number of methoxy groups -OCH3 is 1. The molecule has 1 aromatic rings. The maximum atomic E-state index is 8.92. The summed E-state index contributed by atoms with van der Waals surface area (Å²) in [6.07, 6.45) is 5.11. The Morgan fingerprint density at radius 3 is 2.60 bits per heavy atom. The molecule has 0 saturated heterocycles. The number of nitriles is 1. The second-order valence-corrected chi connectivity index (χ2v) is 2.92. The van der Waals surface area contributed by atoms with E-state index in [-0.39, 0.29) is 6.04 Å². The molecule has 0 amide bonds. The molecule has 0 aliphatic heterocycles. The van der Waals surface area contributed by atoms with Crippen molar-refractivity contribution in [1.29, 1.82) is 5.26 Å². The zero-order valence-electron chi connectivity index (χ0n) is 8.53. The highest BCUT2D eigenvalue weighted by Gasteiger charge is 2.08. The smallest absolute Gasteiger partial charge is 0.122 e. The van der Waals surface area contributed by atoms with Crippen LogP contribution in [0.4, 0.5) is 0 Å². The maximum Gasteiger partial charge on any atom is 0.122 e. The van der Waals surface area contributed by atoms with Gasteiger partial charge in [0.25, 0.3) is 0 Å². The van der Waals surface area contributed by atoms with E-state index in [9.17, 15) is 0 Å². The van der Waals surface area contributed by atoms with E-state index in [1.54, 1.807) is 7.11 Å². The van der Waals surface area contributed by atoms with Gasteiger partial charge in [-0.3, -0.25) is 5.32 Å². The zero-order valence-corrected chi connectivity index (χ0v) is 8.53. The Balaban J connectivity index is 2.76. The van der Waals surface area contributed by atoms with Crippen LogP contribution in [0, 0.1) is 23.7 Å². The first-order chi connectivity index (χ1) is 7.31. The molecule has 76 valence electrons. The van der Waals surface area contributed by atoms with E-state index in [0.717, 1.165) is 11.3 Å². The van der Waals surface area contributed by atoms with Gasteiger partial charge in [-0.1, -0.05) is 18.1 Å². The molecular weight excluding hydrogens is 188 g/mol. The predicted molar refractivity (Wildman–Crippen MR) is 58.2 cm³/mol. The minimum absolute atomic E-state index is 0.369. The number of nitrogens with one attached hydrogen (secondary N) is 1. The van der Waals surface area contributed by atoms with Crippen molar-refractivity contribution in [3.05, 3.63) is 29.8 Å². The molecular formula is C12H12N2O. The van der Waals surface area contributed by atoms with Gasteiger partial charge in [-0.25, -0.2) is 0 Å². The molecule has 0 spiro atoms. The number of rotatable bonds is 4. The van der Waals surface area contributed by atoms with Gasteiger partial charge in [0, 0.05) is 0 Å². The van der Waals surface area contributed by atoms with E-state index in [2.05, 4.69) is 17.3 Å². The summed E-state index contributed by atoms with van der Waals surface area (Å²) in [5.74, 6) is 3.21. The minimum atomic E-state index is -0.369. The molecule has 1 unspecified atom stereocenters. The quantitative estimate of drug-likeness (QED) is 0.749. The topological polar surface area (TPSA) is 45.0 Å². The van der Waals surface area contributed by atoms with Gasteiger partial charge in [0.05, 0.1) is 19.7 Å². The Labute approximate surface area is 89.7 Å². The van der Waals surface area contributed by atoms with Crippen molar-refractivity contribution in [2.45, 2.75) is 6.04 Å². The van der Waals surface area contributed by atoms with Crippen molar-refractivity contribution >= 4 is 0 Å². The van der Waals surface area contributed by atoms with Crippen LogP contribution < -0.4 is 10.1 Å². The van der Waals surface area contributed by atoms with E-state index in [1.165, 1.54) is 0 Å². The summed E-state index contributed by atoms with van der Waals surface area (Å²) in [5, 5.41) is 11.9. The van der Waals surface area contributed by atoms with Crippen molar-refractivity contribution in [2.24, 2.45) is 0 Å². The number of hydrogen-bond donors (Lipinski definition) is 1. The maximum absolute atomic E-state index is 8.92. The first kappa shape index (κ1) is 11.1. The molecule has 0 saturated carbocycles. The van der Waals surface area contributed by atoms with Gasteiger partial charge in [0.2, 0.25) is 0 Å². The van der Waals surface area contributed by atoms with Crippen molar-refractivity contribution in [1.82, 2.24) is 5.32 Å². The number of terminal acetylenes is 1. The normalized spacial score (nSPS) is 11.1. The predicted octanol–water partition coefficient (Wildman–Crippen LogP) is 1.48. The molecule has 0 aromatic heterocycles. The first-order valence-corrected chi connectivity index (χ1v) is 4.52. The molecule has 15 heavy (non-hydrogen) atoms. The molecule has 0 aliphatic rings. The Kier molecular flexibility index (Phi) is 4.22. The second kappa shape index (κ2) is 5.70. The molecule has 3 nitrogen and oxygen atoms in total. The average Bonchev–Trinajstić information content (AvgIpc) is 2.31. The number of nitrogens with zero attached hydrogens (tertiary/aromatic N) is 1. The highest BCUT2D eigenvalue weighted by Crippen LogP contribution is 2.16. The van der Waals surface area contributed by atoms with E-state index in [0.29, 0.717) is 6.54 Å². The molecule has 1 atom stereocenters. The van der Waals surface area contributed by atoms with Crippen LogP contribution >= 0.6 is 0 Å². The lowest BCUT2D eigenvalue weighted by Gasteiger charge is -2.09. The van der Waals surface area contributed by atoms with Gasteiger partial charge in [0.1, 0.15) is 11.8 Å². The van der Waals surface area contributed by atoms with Gasteiger partial charge in [0.15, 0.2) is 0 Å². The van der Waals surface area contributed by atoms with Crippen LogP contribution in [0.5, 0.6) is 5.75 Å². The third kappa shape index (κ3) is 3.02. The van der Waals surface area contributed by atoms with Gasteiger partial charge in [-0.15, -0.1) is 6.42 Å². The summed E-state index contributed by atoms with van der Waals surface area (Å²) < 4.78 is 5.03. The SMILES string of the molecule is C#CCNC(C#N)c1ccc(OC)cc1. The van der Waals surface area contributed by atoms with Gasteiger partial charge >= 0.3 is 0 Å². The van der Waals surface area contributed by atoms with Crippen molar-refractivity contribution < 1.29 is 4.74 Å². The summed E-state index contributed by atoms with van der Waals surface area (Å²) in [5.41, 5.74) is 0.883. The molecule has 0 fully saturated rings. The summed E-state index contributed by atoms with van der Waals surface area (Å²) in [6.45, 7) is 0.379. The zero-order chi connectivity index (χ0) is 11.1. The minimum Gasteiger partial charge on any atom is -0.497 e. The van der Waals surface area contributed by atoms with Crippen LogP contribution in [0.25, 0.3) is 0 Å². The molecule has 1 N–H and O–H groups in total. The Morgan fingerprint density at radius 2 is 2.13 bits per heavy atom. The van der Waals surface area contributed by atoms with Crippen molar-refractivity contribution in [2.75, 3.05) is 13.7 Å². The van der Waals surface area contributed by atoms with E-state index < -0.39 is 0 Å². The third-order valence-electron chi connectivity index (χ3n) is 1.99. The Hall–Kier alpha value is -1.97. The van der Waals surface area contributed by atoms with Crippen LogP contribution in [-0.2, 0) is 0 Å². The molecule has 0 aliphatic carbocycles. The van der Waals surface area contributed by atoms with E-state index >= 15 is 0 Å². The number of ether oxygens (including phenoxy) is 1. The summed E-state index contributed by atoms with van der Waals surface area (Å²) in [7, 11) is 1.60. The molecule has 0 bridgehead atoms. The second-order valence-electron chi connectivity index (χ2n) is 2.92. The van der Waals surface area contributed by atoms with E-state index in [1.807, 2.05) is 24.3 Å². The van der Waals surface area contributed by atoms with Crippen LogP contribution in [0.3, 0.4) is 0 Å². The Morgan fingerprint density at radius 1 is 1.47 bits per heavy atom. The largest absolute Gasteiger partial charge is 0.497 e. The summed E-state index contributed by atoms with van der Waals surface area (Å²) >= 11 is 0. The lowest BCUT2D eigenvalue weighted by atomic mass is 10.1. The third-order valence-corrected chi connectivity index (χ3v) is 1.99. The van der Waals surface area contributed by atoms with Gasteiger partial charge < -0.3 is 4.74 Å². The first-order valence-electron chi connectivity index (χ1n) is 4.52. The monoisotopic (exact) mass is 200 g/mol. The van der Waals surface area contributed by atoms with Crippen LogP contribution in [-0.4, -0.2) is 13.7 Å². The average molecular weight is 200 g/mol. The fourth-order valence-electron chi connectivity index (χ4n) is 1.20.